The van der Waals surface area contributed by atoms with E-state index in [-0.39, 0.29) is 11.5 Å². The predicted octanol–water partition coefficient (Wildman–Crippen LogP) is 5.21. The van der Waals surface area contributed by atoms with Crippen molar-refractivity contribution in [1.82, 2.24) is 10.4 Å². The van der Waals surface area contributed by atoms with E-state index in [1.54, 1.807) is 34.5 Å². The second-order valence-electron chi connectivity index (χ2n) is 8.40. The molecule has 0 bridgehead atoms. The summed E-state index contributed by atoms with van der Waals surface area (Å²) in [5, 5.41) is 23.1. The number of thiazole rings is 1. The zero-order valence-corrected chi connectivity index (χ0v) is 20.4. The Hall–Kier alpha value is -4.96. The van der Waals surface area contributed by atoms with Gasteiger partial charge in [-0.25, -0.2) is 9.78 Å². The average molecular weight is 509 g/mol. The number of amidine groups is 1. The van der Waals surface area contributed by atoms with Gasteiger partial charge in [-0.3, -0.25) is 10.2 Å². The van der Waals surface area contributed by atoms with E-state index in [2.05, 4.69) is 35.0 Å². The first kappa shape index (κ1) is 22.5. The molecule has 1 aromatic heterocycles. The van der Waals surface area contributed by atoms with Crippen molar-refractivity contribution in [3.05, 3.63) is 96.1 Å². The fourth-order valence-corrected chi connectivity index (χ4v) is 5.06. The molecule has 9 nitrogen and oxygen atoms in total. The van der Waals surface area contributed by atoms with Gasteiger partial charge >= 0.3 is 5.97 Å². The number of anilines is 3. The molecule has 0 spiro atoms. The van der Waals surface area contributed by atoms with Gasteiger partial charge in [0.15, 0.2) is 5.84 Å². The number of nitrogens with one attached hydrogen (secondary N) is 2. The molecule has 0 unspecified atom stereocenters. The van der Waals surface area contributed by atoms with Crippen molar-refractivity contribution in [3.8, 4) is 0 Å². The van der Waals surface area contributed by atoms with Gasteiger partial charge in [0.2, 0.25) is 11.0 Å². The lowest BCUT2D eigenvalue weighted by molar-refractivity contribution is -0.114. The number of amides is 1. The summed E-state index contributed by atoms with van der Waals surface area (Å²) in [6.45, 7) is 1.46. The predicted molar refractivity (Wildman–Crippen MR) is 146 cm³/mol. The van der Waals surface area contributed by atoms with Gasteiger partial charge in [-0.05, 0) is 60.0 Å². The van der Waals surface area contributed by atoms with E-state index in [1.807, 2.05) is 24.3 Å². The first-order valence-corrected chi connectivity index (χ1v) is 12.2. The Labute approximate surface area is 215 Å². The molecular weight excluding hydrogens is 488 g/mol. The number of aromatic carboxylic acids is 1. The number of nitrogens with zero attached hydrogens (tertiary/aromatic N) is 4. The first-order chi connectivity index (χ1) is 18.0. The summed E-state index contributed by atoms with van der Waals surface area (Å²) in [7, 11) is 0. The van der Waals surface area contributed by atoms with Crippen molar-refractivity contribution in [3.63, 3.8) is 0 Å². The summed E-state index contributed by atoms with van der Waals surface area (Å²) in [4.78, 5) is 27.7. The largest absolute Gasteiger partial charge is 0.478 e. The van der Waals surface area contributed by atoms with Crippen LogP contribution in [0.5, 0.6) is 0 Å². The van der Waals surface area contributed by atoms with Crippen LogP contribution >= 0.6 is 11.3 Å². The maximum Gasteiger partial charge on any atom is 0.335 e. The smallest absolute Gasteiger partial charge is 0.335 e. The van der Waals surface area contributed by atoms with Crippen molar-refractivity contribution in [1.29, 1.82) is 0 Å². The third-order valence-electron chi connectivity index (χ3n) is 5.87. The molecule has 0 aliphatic carbocycles. The van der Waals surface area contributed by atoms with Crippen LogP contribution in [0.3, 0.4) is 0 Å². The van der Waals surface area contributed by atoms with E-state index in [1.165, 1.54) is 30.4 Å². The Morgan fingerprint density at radius 1 is 0.946 bits per heavy atom. The average Bonchev–Trinajstić information content (AvgIpc) is 3.54. The Morgan fingerprint density at radius 3 is 2.43 bits per heavy atom. The Morgan fingerprint density at radius 2 is 1.70 bits per heavy atom. The highest BCUT2D eigenvalue weighted by Crippen LogP contribution is 2.36. The van der Waals surface area contributed by atoms with Crippen LogP contribution in [0.4, 0.5) is 16.5 Å². The lowest BCUT2D eigenvalue weighted by Crippen LogP contribution is -2.44. The highest BCUT2D eigenvalue weighted by Gasteiger charge is 2.29. The number of fused-ring (bicyclic) bond motifs is 3. The van der Waals surface area contributed by atoms with E-state index in [4.69, 9.17) is 10.1 Å². The van der Waals surface area contributed by atoms with Crippen LogP contribution < -0.4 is 21.0 Å². The molecule has 3 N–H and O–H groups in total. The Bertz CT molecular complexity index is 1700. The summed E-state index contributed by atoms with van der Waals surface area (Å²) in [6, 6.07) is 26.1. The van der Waals surface area contributed by atoms with Gasteiger partial charge in [0.05, 0.1) is 21.5 Å². The van der Waals surface area contributed by atoms with Gasteiger partial charge < -0.3 is 10.4 Å². The van der Waals surface area contributed by atoms with E-state index in [9.17, 15) is 14.7 Å². The van der Waals surface area contributed by atoms with Crippen molar-refractivity contribution >= 4 is 66.5 Å². The fourth-order valence-electron chi connectivity index (χ4n) is 4.13. The lowest BCUT2D eigenvalue weighted by Gasteiger charge is -2.25. The summed E-state index contributed by atoms with van der Waals surface area (Å²) in [5.41, 5.74) is 6.56. The quantitative estimate of drug-likeness (QED) is 0.299. The lowest BCUT2D eigenvalue weighted by atomic mass is 10.1. The summed E-state index contributed by atoms with van der Waals surface area (Å²) < 4.78 is 1.03. The molecule has 10 heteroatoms. The highest BCUT2D eigenvalue weighted by molar-refractivity contribution is 7.22. The number of carbonyl (C=O) groups excluding carboxylic acids is 1. The van der Waals surface area contributed by atoms with Crippen LogP contribution in [-0.4, -0.2) is 27.8 Å². The minimum absolute atomic E-state index is 0.144. The van der Waals surface area contributed by atoms with Crippen molar-refractivity contribution in [2.45, 2.75) is 6.92 Å². The van der Waals surface area contributed by atoms with Crippen LogP contribution in [0.25, 0.3) is 21.0 Å². The van der Waals surface area contributed by atoms with Crippen molar-refractivity contribution in [2.24, 2.45) is 5.10 Å². The van der Waals surface area contributed by atoms with Crippen LogP contribution in [0.15, 0.2) is 90.0 Å². The molecule has 0 fully saturated rings. The number of carbonyl (C=O) groups is 2. The van der Waals surface area contributed by atoms with Gasteiger partial charge in [-0.15, -0.1) is 15.3 Å². The number of carboxylic acid groups (broad SMARTS) is 1. The van der Waals surface area contributed by atoms with E-state index in [0.717, 1.165) is 26.6 Å². The van der Waals surface area contributed by atoms with Crippen LogP contribution in [0.2, 0.25) is 0 Å². The molecule has 1 aliphatic heterocycles. The fraction of sp³-hybridized carbons (Fsp3) is 0.0370. The molecule has 0 saturated heterocycles. The van der Waals surface area contributed by atoms with Gasteiger partial charge in [-0.1, -0.05) is 41.7 Å². The summed E-state index contributed by atoms with van der Waals surface area (Å²) >= 11 is 1.52. The minimum atomic E-state index is -0.996. The summed E-state index contributed by atoms with van der Waals surface area (Å²) in [6.07, 6.45) is 0. The SMILES string of the molecule is CC(=O)Nc1ccc(C2=NN(c3ccc(C(=O)O)cc3)N(c3nc4c(ccc5ccccc54)s3)N2)cc1. The Kier molecular flexibility index (Phi) is 5.42. The van der Waals surface area contributed by atoms with Crippen LogP contribution in [0.1, 0.15) is 22.8 Å². The third-order valence-corrected chi connectivity index (χ3v) is 6.87. The van der Waals surface area contributed by atoms with Crippen molar-refractivity contribution in [2.75, 3.05) is 15.6 Å². The number of carboxylic acids is 1. The van der Waals surface area contributed by atoms with Gasteiger partial charge in [-0.2, -0.15) is 0 Å². The number of rotatable bonds is 5. The number of aromatic nitrogens is 1. The molecule has 0 atom stereocenters. The number of hydrazone groups is 1. The maximum absolute atomic E-state index is 11.4. The van der Waals surface area contributed by atoms with E-state index >= 15 is 0 Å². The van der Waals surface area contributed by atoms with Crippen LogP contribution in [-0.2, 0) is 4.79 Å². The minimum Gasteiger partial charge on any atom is -0.478 e. The van der Waals surface area contributed by atoms with Gasteiger partial charge in [0.25, 0.3) is 0 Å². The van der Waals surface area contributed by atoms with Crippen LogP contribution in [0, 0.1) is 0 Å². The second kappa shape index (κ2) is 8.92. The monoisotopic (exact) mass is 508 g/mol. The number of hydrazine groups is 2. The van der Waals surface area contributed by atoms with E-state index < -0.39 is 5.97 Å². The number of hydrogen-bond acceptors (Lipinski definition) is 8. The van der Waals surface area contributed by atoms with Gasteiger partial charge in [0, 0.05) is 23.6 Å². The molecule has 5 aromatic rings. The zero-order chi connectivity index (χ0) is 25.5. The zero-order valence-electron chi connectivity index (χ0n) is 19.5. The molecule has 1 aliphatic rings. The van der Waals surface area contributed by atoms with Crippen molar-refractivity contribution < 1.29 is 14.7 Å². The second-order valence-corrected chi connectivity index (χ2v) is 9.41. The number of hydrogen-bond donors (Lipinski definition) is 3. The molecule has 1 amide bonds. The molecule has 182 valence electrons. The third kappa shape index (κ3) is 4.19. The molecule has 0 saturated carbocycles. The normalized spacial score (nSPS) is 13.1. The Balaban J connectivity index is 1.41. The molecular formula is C27H20N6O3S. The topological polar surface area (TPSA) is 110 Å². The molecule has 2 heterocycles. The molecule has 4 aromatic carbocycles. The van der Waals surface area contributed by atoms with Gasteiger partial charge in [0.1, 0.15) is 0 Å². The highest BCUT2D eigenvalue weighted by atomic mass is 32.1. The molecule has 37 heavy (non-hydrogen) atoms. The summed E-state index contributed by atoms with van der Waals surface area (Å²) in [5.74, 6) is -0.570. The molecule has 6 rings (SSSR count). The van der Waals surface area contributed by atoms with E-state index in [0.29, 0.717) is 22.3 Å². The standard InChI is InChI=1S/C27H20N6O3S/c1-16(34)28-20-11-6-18(7-12-20)25-30-32(21-13-8-19(9-14-21)26(35)36)33(31-25)27-29-24-22-5-3-2-4-17(22)10-15-23(24)37-27/h2-15H,1H3,(H,28,34)(H,30,31)(H,35,36). The maximum atomic E-state index is 11.4. The molecule has 0 radical (unpaired) electrons. The number of benzene rings is 4. The first-order valence-electron chi connectivity index (χ1n) is 11.4.